The average Bonchev–Trinajstić information content (AvgIpc) is 3.87. The zero-order chi connectivity index (χ0) is 38.2. The van der Waals surface area contributed by atoms with Crippen LogP contribution >= 0.6 is 0 Å². The van der Waals surface area contributed by atoms with Gasteiger partial charge in [-0.25, -0.2) is 15.0 Å². The molecule has 0 amide bonds. The van der Waals surface area contributed by atoms with Gasteiger partial charge in [-0.15, -0.1) is 0 Å². The van der Waals surface area contributed by atoms with Crippen LogP contribution in [0.3, 0.4) is 0 Å². The van der Waals surface area contributed by atoms with E-state index in [0.717, 1.165) is 88.0 Å². The first-order valence-corrected chi connectivity index (χ1v) is 19.4. The summed E-state index contributed by atoms with van der Waals surface area (Å²) in [4.78, 5) is 15.5. The predicted molar refractivity (Wildman–Crippen MR) is 237 cm³/mol. The molecule has 0 fully saturated rings. The highest BCUT2D eigenvalue weighted by atomic mass is 16.3. The van der Waals surface area contributed by atoms with Crippen LogP contribution < -0.4 is 0 Å². The quantitative estimate of drug-likeness (QED) is 0.176. The van der Waals surface area contributed by atoms with Crippen molar-refractivity contribution < 1.29 is 8.83 Å². The second-order valence-corrected chi connectivity index (χ2v) is 14.7. The lowest BCUT2D eigenvalue weighted by molar-refractivity contribution is 0.668. The zero-order valence-corrected chi connectivity index (χ0v) is 31.1. The van der Waals surface area contributed by atoms with Gasteiger partial charge in [-0.1, -0.05) is 152 Å². The molecule has 3 heterocycles. The molecule has 5 nitrogen and oxygen atoms in total. The van der Waals surface area contributed by atoms with Crippen LogP contribution in [-0.4, -0.2) is 15.0 Å². The standard InChI is InChI=1S/C53H31N3O2/c1-2-14-33(15-3-1)51-54-52(56-53(55-51)43-23-12-26-48-50(43)42-20-8-9-24-45(42)57-48)41-29-28-39(37-18-6-7-19-38(37)41)40-22-11-25-47-49(40)44-31-34(27-30-46(44)58-47)36-21-10-16-32-13-4-5-17-35(32)36/h1-31H. The van der Waals surface area contributed by atoms with Crippen molar-refractivity contribution in [2.75, 3.05) is 0 Å². The van der Waals surface area contributed by atoms with Crippen molar-refractivity contribution >= 4 is 65.4 Å². The minimum absolute atomic E-state index is 0.589. The molecular weight excluding hydrogens is 711 g/mol. The first kappa shape index (κ1) is 32.4. The number of para-hydroxylation sites is 1. The molecule has 5 heteroatoms. The summed E-state index contributed by atoms with van der Waals surface area (Å²) >= 11 is 0. The van der Waals surface area contributed by atoms with Crippen LogP contribution in [0.25, 0.3) is 122 Å². The molecule has 0 aliphatic rings. The Bertz CT molecular complexity index is 3580. The fourth-order valence-electron chi connectivity index (χ4n) is 8.72. The number of hydrogen-bond acceptors (Lipinski definition) is 5. The van der Waals surface area contributed by atoms with Crippen molar-refractivity contribution in [3.05, 3.63) is 188 Å². The minimum Gasteiger partial charge on any atom is -0.456 e. The molecule has 0 radical (unpaired) electrons. The summed E-state index contributed by atoms with van der Waals surface area (Å²) in [6.07, 6.45) is 0. The number of hydrogen-bond donors (Lipinski definition) is 0. The van der Waals surface area contributed by atoms with Gasteiger partial charge in [0, 0.05) is 38.2 Å². The molecule has 3 aromatic heterocycles. The Morgan fingerprint density at radius 3 is 1.62 bits per heavy atom. The van der Waals surface area contributed by atoms with Crippen LogP contribution in [0.15, 0.2) is 197 Å². The largest absolute Gasteiger partial charge is 0.456 e. The molecule has 0 aliphatic heterocycles. The van der Waals surface area contributed by atoms with Gasteiger partial charge in [-0.05, 0) is 80.2 Å². The number of fused-ring (bicyclic) bond motifs is 8. The lowest BCUT2D eigenvalue weighted by Crippen LogP contribution is -2.01. The van der Waals surface area contributed by atoms with Crippen LogP contribution in [-0.2, 0) is 0 Å². The van der Waals surface area contributed by atoms with E-state index in [0.29, 0.717) is 17.5 Å². The van der Waals surface area contributed by atoms with Crippen molar-refractivity contribution in [3.63, 3.8) is 0 Å². The molecule has 0 atom stereocenters. The van der Waals surface area contributed by atoms with Crippen LogP contribution in [0.5, 0.6) is 0 Å². The fourth-order valence-corrected chi connectivity index (χ4v) is 8.72. The van der Waals surface area contributed by atoms with E-state index in [4.69, 9.17) is 23.8 Å². The molecule has 12 aromatic rings. The second kappa shape index (κ2) is 12.8. The number of furan rings is 2. The van der Waals surface area contributed by atoms with Gasteiger partial charge in [-0.3, -0.25) is 0 Å². The summed E-state index contributed by atoms with van der Waals surface area (Å²) in [5.74, 6) is 1.80. The van der Waals surface area contributed by atoms with E-state index in [1.807, 2.05) is 60.7 Å². The van der Waals surface area contributed by atoms with Gasteiger partial charge in [0.15, 0.2) is 17.5 Å². The Hall–Kier alpha value is -7.89. The van der Waals surface area contributed by atoms with Crippen LogP contribution in [0.1, 0.15) is 0 Å². The number of nitrogens with zero attached hydrogens (tertiary/aromatic N) is 3. The van der Waals surface area contributed by atoms with Gasteiger partial charge in [0.1, 0.15) is 22.3 Å². The lowest BCUT2D eigenvalue weighted by atomic mass is 9.91. The third-order valence-electron chi connectivity index (χ3n) is 11.4. The van der Waals surface area contributed by atoms with Gasteiger partial charge in [-0.2, -0.15) is 0 Å². The van der Waals surface area contributed by atoms with Crippen molar-refractivity contribution in [1.82, 2.24) is 15.0 Å². The van der Waals surface area contributed by atoms with Crippen molar-refractivity contribution in [2.24, 2.45) is 0 Å². The summed E-state index contributed by atoms with van der Waals surface area (Å²) in [5.41, 5.74) is 10.6. The summed E-state index contributed by atoms with van der Waals surface area (Å²) in [7, 11) is 0. The summed E-state index contributed by atoms with van der Waals surface area (Å²) in [6.45, 7) is 0. The van der Waals surface area contributed by atoms with Crippen LogP contribution in [0.4, 0.5) is 0 Å². The Balaban J connectivity index is 1.06. The number of rotatable bonds is 5. The van der Waals surface area contributed by atoms with E-state index in [-0.39, 0.29) is 0 Å². The molecule has 0 aliphatic carbocycles. The minimum atomic E-state index is 0.589. The Morgan fingerprint density at radius 2 is 0.810 bits per heavy atom. The third kappa shape index (κ3) is 5.07. The summed E-state index contributed by atoms with van der Waals surface area (Å²) < 4.78 is 12.8. The monoisotopic (exact) mass is 741 g/mol. The van der Waals surface area contributed by atoms with E-state index < -0.39 is 0 Å². The van der Waals surface area contributed by atoms with E-state index in [2.05, 4.69) is 127 Å². The van der Waals surface area contributed by atoms with Crippen LogP contribution in [0.2, 0.25) is 0 Å². The molecule has 12 rings (SSSR count). The number of benzene rings is 9. The summed E-state index contributed by atoms with van der Waals surface area (Å²) in [6, 6.07) is 65.1. The van der Waals surface area contributed by atoms with Gasteiger partial charge in [0.05, 0.1) is 0 Å². The molecular formula is C53H31N3O2. The predicted octanol–water partition coefficient (Wildman–Crippen LogP) is 14.3. The van der Waals surface area contributed by atoms with E-state index in [1.165, 1.54) is 16.3 Å². The van der Waals surface area contributed by atoms with Gasteiger partial charge in [0.25, 0.3) is 0 Å². The topological polar surface area (TPSA) is 65.0 Å². The Morgan fingerprint density at radius 1 is 0.276 bits per heavy atom. The van der Waals surface area contributed by atoms with Crippen LogP contribution in [0, 0.1) is 0 Å². The molecule has 0 saturated heterocycles. The van der Waals surface area contributed by atoms with E-state index in [9.17, 15) is 0 Å². The number of aromatic nitrogens is 3. The molecule has 0 bridgehead atoms. The highest BCUT2D eigenvalue weighted by Crippen LogP contribution is 2.43. The Kier molecular flexibility index (Phi) is 7.16. The van der Waals surface area contributed by atoms with E-state index in [1.54, 1.807) is 0 Å². The van der Waals surface area contributed by atoms with Gasteiger partial charge < -0.3 is 8.83 Å². The van der Waals surface area contributed by atoms with Gasteiger partial charge >= 0.3 is 0 Å². The van der Waals surface area contributed by atoms with Crippen molar-refractivity contribution in [1.29, 1.82) is 0 Å². The molecule has 0 saturated carbocycles. The average molecular weight is 742 g/mol. The SMILES string of the molecule is c1ccc(-c2nc(-c3ccc(-c4cccc5oc6ccc(-c7cccc8ccccc78)cc6c45)c4ccccc34)nc(-c3cccc4oc5ccccc5c34)n2)cc1. The normalized spacial score (nSPS) is 11.8. The summed E-state index contributed by atoms with van der Waals surface area (Å²) in [5, 5.41) is 8.77. The third-order valence-corrected chi connectivity index (χ3v) is 11.4. The fraction of sp³-hybridized carbons (Fsp3) is 0. The van der Waals surface area contributed by atoms with Gasteiger partial charge in [0.2, 0.25) is 0 Å². The molecule has 0 N–H and O–H groups in total. The first-order chi connectivity index (χ1) is 28.7. The maximum absolute atomic E-state index is 6.53. The zero-order valence-electron chi connectivity index (χ0n) is 31.1. The maximum atomic E-state index is 6.53. The molecule has 9 aromatic carbocycles. The molecule has 270 valence electrons. The highest BCUT2D eigenvalue weighted by molar-refractivity contribution is 6.17. The van der Waals surface area contributed by atoms with E-state index >= 15 is 0 Å². The Labute approximate surface area is 332 Å². The van der Waals surface area contributed by atoms with Crippen molar-refractivity contribution in [3.8, 4) is 56.4 Å². The van der Waals surface area contributed by atoms with Crippen molar-refractivity contribution in [2.45, 2.75) is 0 Å². The lowest BCUT2D eigenvalue weighted by Gasteiger charge is -2.14. The molecule has 0 spiro atoms. The maximum Gasteiger partial charge on any atom is 0.164 e. The highest BCUT2D eigenvalue weighted by Gasteiger charge is 2.21. The molecule has 58 heavy (non-hydrogen) atoms. The molecule has 0 unspecified atom stereocenters. The first-order valence-electron chi connectivity index (χ1n) is 19.4. The smallest absolute Gasteiger partial charge is 0.164 e. The second-order valence-electron chi connectivity index (χ2n) is 14.7.